The molecular formula is C8H7BNO3. The fourth-order valence-corrected chi connectivity index (χ4v) is 0.891. The Balaban J connectivity index is 3.02. The van der Waals surface area contributed by atoms with Gasteiger partial charge in [0.1, 0.15) is 5.75 Å². The molecule has 65 valence electrons. The molecule has 0 saturated heterocycles. The predicted molar refractivity (Wildman–Crippen MR) is 46.3 cm³/mol. The van der Waals surface area contributed by atoms with Gasteiger partial charge in [0.15, 0.2) is 5.75 Å². The number of nitriles is 1. The summed E-state index contributed by atoms with van der Waals surface area (Å²) in [5.41, 5.74) is 0.474. The lowest BCUT2D eigenvalue weighted by Crippen LogP contribution is -2.01. The van der Waals surface area contributed by atoms with Crippen LogP contribution >= 0.6 is 0 Å². The quantitative estimate of drug-likeness (QED) is 0.680. The van der Waals surface area contributed by atoms with E-state index >= 15 is 0 Å². The Hall–Kier alpha value is -1.67. The van der Waals surface area contributed by atoms with E-state index in [2.05, 4.69) is 0 Å². The van der Waals surface area contributed by atoms with Crippen LogP contribution in [0.4, 0.5) is 0 Å². The maximum atomic E-state index is 8.57. The van der Waals surface area contributed by atoms with Crippen molar-refractivity contribution in [3.8, 4) is 17.6 Å². The zero-order valence-electron chi connectivity index (χ0n) is 7.02. The third-order valence-corrected chi connectivity index (χ3v) is 1.47. The number of hydrogen-bond acceptors (Lipinski definition) is 4. The van der Waals surface area contributed by atoms with Crippen molar-refractivity contribution in [2.75, 3.05) is 7.11 Å². The number of methoxy groups -OCH3 is 1. The molecule has 0 amide bonds. The van der Waals surface area contributed by atoms with Crippen LogP contribution in [0.2, 0.25) is 0 Å². The first-order valence-corrected chi connectivity index (χ1v) is 3.52. The molecule has 0 atom stereocenters. The minimum Gasteiger partial charge on any atom is -0.535 e. The summed E-state index contributed by atoms with van der Waals surface area (Å²) in [6.45, 7) is 0. The first-order valence-electron chi connectivity index (χ1n) is 3.52. The number of ether oxygens (including phenoxy) is 1. The van der Waals surface area contributed by atoms with Crippen LogP contribution in [-0.2, 0) is 0 Å². The molecule has 0 aliphatic carbocycles. The van der Waals surface area contributed by atoms with E-state index in [0.29, 0.717) is 24.7 Å². The second-order valence-electron chi connectivity index (χ2n) is 2.20. The Morgan fingerprint density at radius 3 is 2.77 bits per heavy atom. The zero-order valence-corrected chi connectivity index (χ0v) is 7.02. The molecule has 1 aromatic carbocycles. The summed E-state index contributed by atoms with van der Waals surface area (Å²) in [6.07, 6.45) is 0. The molecule has 0 aliphatic rings. The first-order chi connectivity index (χ1) is 6.31. The molecule has 1 aromatic rings. The third-order valence-electron chi connectivity index (χ3n) is 1.47. The normalized spacial score (nSPS) is 8.69. The van der Waals surface area contributed by atoms with Gasteiger partial charge in [-0.1, -0.05) is 0 Å². The lowest BCUT2D eigenvalue weighted by atomic mass is 10.2. The van der Waals surface area contributed by atoms with Crippen LogP contribution in [0.15, 0.2) is 18.2 Å². The molecule has 1 radical (unpaired) electrons. The third kappa shape index (κ3) is 2.14. The van der Waals surface area contributed by atoms with Crippen LogP contribution < -0.4 is 9.39 Å². The number of benzene rings is 1. The first kappa shape index (κ1) is 9.42. The SMILES string of the molecule is COc1cc(C#N)ccc1O[B]O. The topological polar surface area (TPSA) is 62.5 Å². The highest BCUT2D eigenvalue weighted by Gasteiger charge is 2.05. The fraction of sp³-hybridized carbons (Fsp3) is 0.125. The molecule has 4 nitrogen and oxygen atoms in total. The lowest BCUT2D eigenvalue weighted by Gasteiger charge is -2.07. The molecule has 0 fully saturated rings. The van der Waals surface area contributed by atoms with E-state index in [9.17, 15) is 0 Å². The molecule has 13 heavy (non-hydrogen) atoms. The smallest absolute Gasteiger partial charge is 0.535 e. The average molecular weight is 176 g/mol. The molecule has 1 N–H and O–H groups in total. The molecule has 0 spiro atoms. The van der Waals surface area contributed by atoms with Crippen LogP contribution in [0.1, 0.15) is 5.56 Å². The molecule has 0 bridgehead atoms. The molecule has 1 rings (SSSR count). The summed E-state index contributed by atoms with van der Waals surface area (Å²) < 4.78 is 9.66. The second-order valence-corrected chi connectivity index (χ2v) is 2.20. The molecule has 0 heterocycles. The lowest BCUT2D eigenvalue weighted by molar-refractivity contribution is 0.381. The van der Waals surface area contributed by atoms with Crippen molar-refractivity contribution in [2.45, 2.75) is 0 Å². The van der Waals surface area contributed by atoms with Crippen molar-refractivity contribution in [1.82, 2.24) is 0 Å². The Morgan fingerprint density at radius 1 is 1.46 bits per heavy atom. The Bertz CT molecular complexity index is 335. The van der Waals surface area contributed by atoms with Gasteiger partial charge in [0.2, 0.25) is 0 Å². The minimum absolute atomic E-state index is 0.365. The number of rotatable bonds is 3. The largest absolute Gasteiger partial charge is 0.569 e. The average Bonchev–Trinajstić information content (AvgIpc) is 2.19. The standard InChI is InChI=1S/C8H7BNO3/c1-12-8-4-6(5-10)2-3-7(8)13-9-11/h2-4,11H,1H3. The van der Waals surface area contributed by atoms with E-state index < -0.39 is 0 Å². The summed E-state index contributed by atoms with van der Waals surface area (Å²) in [6, 6.07) is 6.61. The molecule has 0 aromatic heterocycles. The zero-order chi connectivity index (χ0) is 9.68. The van der Waals surface area contributed by atoms with Gasteiger partial charge in [-0.05, 0) is 12.1 Å². The number of hydrogen-bond donors (Lipinski definition) is 1. The molecule has 0 aliphatic heterocycles. The van der Waals surface area contributed by atoms with Gasteiger partial charge in [-0.3, -0.25) is 0 Å². The van der Waals surface area contributed by atoms with Crippen LogP contribution in [-0.4, -0.2) is 19.8 Å². The fourth-order valence-electron chi connectivity index (χ4n) is 0.891. The second kappa shape index (κ2) is 4.38. The highest BCUT2D eigenvalue weighted by atomic mass is 16.5. The van der Waals surface area contributed by atoms with Crippen molar-refractivity contribution in [3.63, 3.8) is 0 Å². The Morgan fingerprint density at radius 2 is 2.23 bits per heavy atom. The van der Waals surface area contributed by atoms with Gasteiger partial charge in [0.25, 0.3) is 0 Å². The van der Waals surface area contributed by atoms with E-state index in [4.69, 9.17) is 19.7 Å². The molecular weight excluding hydrogens is 169 g/mol. The van der Waals surface area contributed by atoms with Crippen LogP contribution in [0.3, 0.4) is 0 Å². The summed E-state index contributed by atoms with van der Waals surface area (Å²) in [4.78, 5) is 0. The van der Waals surface area contributed by atoms with Crippen molar-refractivity contribution in [3.05, 3.63) is 23.8 Å². The van der Waals surface area contributed by atoms with Gasteiger partial charge in [-0.2, -0.15) is 5.26 Å². The summed E-state index contributed by atoms with van der Waals surface area (Å²) in [5.74, 6) is 0.772. The Labute approximate surface area is 76.6 Å². The van der Waals surface area contributed by atoms with E-state index in [1.54, 1.807) is 12.1 Å². The highest BCUT2D eigenvalue weighted by Crippen LogP contribution is 2.27. The minimum atomic E-state index is 0.365. The molecule has 0 saturated carbocycles. The van der Waals surface area contributed by atoms with Crippen molar-refractivity contribution in [2.24, 2.45) is 0 Å². The van der Waals surface area contributed by atoms with Crippen LogP contribution in [0, 0.1) is 11.3 Å². The summed E-state index contributed by atoms with van der Waals surface area (Å²) in [7, 11) is 2.02. The van der Waals surface area contributed by atoms with Gasteiger partial charge in [-0.25, -0.2) is 0 Å². The summed E-state index contributed by atoms with van der Waals surface area (Å²) in [5, 5.41) is 17.0. The van der Waals surface area contributed by atoms with Crippen molar-refractivity contribution < 1.29 is 14.4 Å². The highest BCUT2D eigenvalue weighted by molar-refractivity contribution is 6.17. The van der Waals surface area contributed by atoms with E-state index in [0.717, 1.165) is 0 Å². The van der Waals surface area contributed by atoms with Crippen LogP contribution in [0.5, 0.6) is 11.5 Å². The van der Waals surface area contributed by atoms with Gasteiger partial charge in [-0.15, -0.1) is 0 Å². The van der Waals surface area contributed by atoms with E-state index in [1.165, 1.54) is 13.2 Å². The van der Waals surface area contributed by atoms with Gasteiger partial charge >= 0.3 is 7.69 Å². The van der Waals surface area contributed by atoms with Crippen molar-refractivity contribution in [1.29, 1.82) is 5.26 Å². The van der Waals surface area contributed by atoms with Gasteiger partial charge in [0, 0.05) is 6.07 Å². The molecule has 5 heteroatoms. The Kier molecular flexibility index (Phi) is 3.18. The van der Waals surface area contributed by atoms with E-state index in [-0.39, 0.29) is 0 Å². The number of nitrogens with zero attached hydrogens (tertiary/aromatic N) is 1. The van der Waals surface area contributed by atoms with E-state index in [1.807, 2.05) is 6.07 Å². The van der Waals surface area contributed by atoms with Crippen molar-refractivity contribution >= 4 is 7.69 Å². The van der Waals surface area contributed by atoms with Gasteiger partial charge < -0.3 is 14.4 Å². The molecule has 0 unspecified atom stereocenters. The van der Waals surface area contributed by atoms with Gasteiger partial charge in [0.05, 0.1) is 18.7 Å². The maximum Gasteiger partial charge on any atom is 0.569 e. The maximum absolute atomic E-state index is 8.57. The monoisotopic (exact) mass is 176 g/mol. The predicted octanol–water partition coefficient (Wildman–Crippen LogP) is 0.472. The summed E-state index contributed by atoms with van der Waals surface area (Å²) >= 11 is 0. The van der Waals surface area contributed by atoms with Crippen LogP contribution in [0.25, 0.3) is 0 Å².